The summed E-state index contributed by atoms with van der Waals surface area (Å²) in [5.41, 5.74) is 11.2. The van der Waals surface area contributed by atoms with E-state index in [1.165, 1.54) is 90.4 Å². The molecule has 220 valence electrons. The molecule has 7 aromatic carbocycles. The predicted octanol–water partition coefficient (Wildman–Crippen LogP) is 13.4. The number of hydrogen-bond acceptors (Lipinski definition) is 2. The van der Waals surface area contributed by atoms with Crippen molar-refractivity contribution in [3.63, 3.8) is 0 Å². The molecule has 0 radical (unpaired) electrons. The minimum absolute atomic E-state index is 1.19. The number of para-hydroxylation sites is 2. The van der Waals surface area contributed by atoms with Gasteiger partial charge >= 0.3 is 0 Å². The van der Waals surface area contributed by atoms with Crippen LogP contribution in [0.4, 0.5) is 0 Å². The van der Waals surface area contributed by atoms with Gasteiger partial charge in [-0.25, -0.2) is 0 Å². The number of rotatable bonds is 4. The van der Waals surface area contributed by atoms with E-state index in [0.29, 0.717) is 0 Å². The van der Waals surface area contributed by atoms with E-state index in [1.807, 2.05) is 22.7 Å². The Morgan fingerprint density at radius 1 is 0.383 bits per heavy atom. The van der Waals surface area contributed by atoms with Crippen molar-refractivity contribution in [1.82, 2.24) is 4.57 Å². The SMILES string of the molecule is c1ccc(-c2ccc3c(c2)sc2cc(-c4cccc(-c5cccc6sc7c8ccccc8n(-c8ccccc8)c7c56)c4)ccc23)cc1. The number of thiophene rings is 2. The summed E-state index contributed by atoms with van der Waals surface area (Å²) in [7, 11) is 0. The lowest BCUT2D eigenvalue weighted by Crippen LogP contribution is -1.93. The third-order valence-corrected chi connectivity index (χ3v) is 11.7. The molecule has 3 aromatic heterocycles. The Hall–Kier alpha value is -5.48. The molecule has 0 fully saturated rings. The van der Waals surface area contributed by atoms with Crippen molar-refractivity contribution >= 4 is 74.1 Å². The number of aromatic nitrogens is 1. The van der Waals surface area contributed by atoms with Gasteiger partial charge in [-0.1, -0.05) is 121 Å². The molecule has 0 bridgehead atoms. The number of fused-ring (bicyclic) bond motifs is 8. The van der Waals surface area contributed by atoms with Gasteiger partial charge in [0.25, 0.3) is 0 Å². The van der Waals surface area contributed by atoms with E-state index in [0.717, 1.165) is 0 Å². The minimum atomic E-state index is 1.19. The third-order valence-electron chi connectivity index (χ3n) is 9.41. The van der Waals surface area contributed by atoms with Crippen molar-refractivity contribution in [2.24, 2.45) is 0 Å². The third kappa shape index (κ3) is 4.21. The van der Waals surface area contributed by atoms with Gasteiger partial charge in [-0.05, 0) is 75.8 Å². The van der Waals surface area contributed by atoms with Gasteiger partial charge in [0.1, 0.15) is 0 Å². The van der Waals surface area contributed by atoms with Crippen molar-refractivity contribution in [1.29, 1.82) is 0 Å². The summed E-state index contributed by atoms with van der Waals surface area (Å²) in [6.07, 6.45) is 0. The molecule has 0 aliphatic heterocycles. The van der Waals surface area contributed by atoms with Crippen molar-refractivity contribution in [3.8, 4) is 39.1 Å². The number of benzene rings is 7. The first-order valence-corrected chi connectivity index (χ1v) is 17.6. The van der Waals surface area contributed by atoms with Crippen LogP contribution < -0.4 is 0 Å². The highest BCUT2D eigenvalue weighted by Gasteiger charge is 2.20. The molecule has 0 amide bonds. The highest BCUT2D eigenvalue weighted by Crippen LogP contribution is 2.46. The molecule has 0 aliphatic carbocycles. The summed E-state index contributed by atoms with van der Waals surface area (Å²) >= 11 is 3.78. The van der Waals surface area contributed by atoms with Gasteiger partial charge in [0.05, 0.1) is 15.7 Å². The molecular weight excluding hydrogens is 607 g/mol. The van der Waals surface area contributed by atoms with Crippen LogP contribution in [0.3, 0.4) is 0 Å². The Morgan fingerprint density at radius 2 is 1.00 bits per heavy atom. The topological polar surface area (TPSA) is 4.93 Å². The summed E-state index contributed by atoms with van der Waals surface area (Å²) in [6.45, 7) is 0. The Labute approximate surface area is 280 Å². The quantitative estimate of drug-likeness (QED) is 0.182. The van der Waals surface area contributed by atoms with E-state index in [1.54, 1.807) is 0 Å². The zero-order valence-electron chi connectivity index (χ0n) is 25.4. The van der Waals surface area contributed by atoms with Gasteiger partial charge in [-0.3, -0.25) is 0 Å². The second-order valence-electron chi connectivity index (χ2n) is 12.1. The van der Waals surface area contributed by atoms with Gasteiger partial charge in [-0.2, -0.15) is 0 Å². The van der Waals surface area contributed by atoms with Gasteiger partial charge < -0.3 is 4.57 Å². The fourth-order valence-corrected chi connectivity index (χ4v) is 9.66. The van der Waals surface area contributed by atoms with E-state index in [2.05, 4.69) is 168 Å². The molecule has 10 aromatic rings. The zero-order chi connectivity index (χ0) is 30.9. The summed E-state index contributed by atoms with van der Waals surface area (Å²) in [4.78, 5) is 0. The van der Waals surface area contributed by atoms with E-state index in [-0.39, 0.29) is 0 Å². The lowest BCUT2D eigenvalue weighted by Gasteiger charge is -2.11. The summed E-state index contributed by atoms with van der Waals surface area (Å²) in [5.74, 6) is 0. The molecule has 0 spiro atoms. The van der Waals surface area contributed by atoms with E-state index < -0.39 is 0 Å². The Balaban J connectivity index is 1.13. The van der Waals surface area contributed by atoms with Crippen molar-refractivity contribution < 1.29 is 0 Å². The molecule has 1 nitrogen and oxygen atoms in total. The maximum absolute atomic E-state index is 2.45. The summed E-state index contributed by atoms with van der Waals surface area (Å²) in [6, 6.07) is 59.9. The Morgan fingerprint density at radius 3 is 1.79 bits per heavy atom. The van der Waals surface area contributed by atoms with Gasteiger partial charge in [0.15, 0.2) is 0 Å². The molecule has 0 N–H and O–H groups in total. The van der Waals surface area contributed by atoms with Crippen LogP contribution in [0.2, 0.25) is 0 Å². The Bertz CT molecular complexity index is 2780. The lowest BCUT2D eigenvalue weighted by atomic mass is 9.96. The molecule has 0 unspecified atom stereocenters. The molecule has 3 heteroatoms. The van der Waals surface area contributed by atoms with Crippen molar-refractivity contribution in [2.75, 3.05) is 0 Å². The van der Waals surface area contributed by atoms with E-state index >= 15 is 0 Å². The van der Waals surface area contributed by atoms with Crippen LogP contribution >= 0.6 is 22.7 Å². The second kappa shape index (κ2) is 10.5. The first-order chi connectivity index (χ1) is 23.3. The van der Waals surface area contributed by atoms with E-state index in [4.69, 9.17) is 0 Å². The molecule has 3 heterocycles. The van der Waals surface area contributed by atoms with Crippen molar-refractivity contribution in [3.05, 3.63) is 164 Å². The number of nitrogens with zero attached hydrogens (tertiary/aromatic N) is 1. The normalized spacial score (nSPS) is 11.8. The maximum atomic E-state index is 2.45. The molecule has 0 saturated heterocycles. The maximum Gasteiger partial charge on any atom is 0.0734 e. The lowest BCUT2D eigenvalue weighted by molar-refractivity contribution is 1.19. The second-order valence-corrected chi connectivity index (χ2v) is 14.3. The van der Waals surface area contributed by atoms with Crippen LogP contribution in [0.1, 0.15) is 0 Å². The van der Waals surface area contributed by atoms with Crippen LogP contribution in [0.15, 0.2) is 164 Å². The van der Waals surface area contributed by atoms with Crippen LogP contribution in [-0.4, -0.2) is 4.57 Å². The molecule has 0 aliphatic rings. The Kier molecular flexibility index (Phi) is 5.98. The first-order valence-electron chi connectivity index (χ1n) is 15.9. The van der Waals surface area contributed by atoms with Gasteiger partial charge in [0, 0.05) is 41.3 Å². The first kappa shape index (κ1) is 26.7. The fraction of sp³-hybridized carbons (Fsp3) is 0. The molecule has 0 saturated carbocycles. The number of hydrogen-bond donors (Lipinski definition) is 0. The minimum Gasteiger partial charge on any atom is -0.308 e. The van der Waals surface area contributed by atoms with Gasteiger partial charge in [0.2, 0.25) is 0 Å². The summed E-state index contributed by atoms with van der Waals surface area (Å²) in [5, 5.41) is 5.27. The zero-order valence-corrected chi connectivity index (χ0v) is 27.0. The molecule has 10 rings (SSSR count). The average molecular weight is 634 g/mol. The van der Waals surface area contributed by atoms with E-state index in [9.17, 15) is 0 Å². The monoisotopic (exact) mass is 633 g/mol. The average Bonchev–Trinajstić information content (AvgIpc) is 3.80. The predicted molar refractivity (Wildman–Crippen MR) is 205 cm³/mol. The largest absolute Gasteiger partial charge is 0.308 e. The van der Waals surface area contributed by atoms with Crippen LogP contribution in [-0.2, 0) is 0 Å². The van der Waals surface area contributed by atoms with Crippen LogP contribution in [0.5, 0.6) is 0 Å². The molecule has 0 atom stereocenters. The standard InChI is InChI=1S/C44H27NS2/c1-3-11-28(12-4-1)30-21-23-35-36-24-22-31(27-41(36)46-40(35)26-30)29-13-9-14-32(25-29)34-18-10-20-39-42(34)43-44(47-39)37-17-7-8-19-38(37)45(43)33-15-5-2-6-16-33/h1-27H. The summed E-state index contributed by atoms with van der Waals surface area (Å²) < 4.78 is 7.76. The highest BCUT2D eigenvalue weighted by molar-refractivity contribution is 7.27. The molecular formula is C44H27NS2. The van der Waals surface area contributed by atoms with Crippen LogP contribution in [0, 0.1) is 0 Å². The van der Waals surface area contributed by atoms with Gasteiger partial charge in [-0.15, -0.1) is 22.7 Å². The van der Waals surface area contributed by atoms with Crippen LogP contribution in [0.25, 0.3) is 90.4 Å². The smallest absolute Gasteiger partial charge is 0.0734 e. The highest BCUT2D eigenvalue weighted by atomic mass is 32.1. The van der Waals surface area contributed by atoms with Crippen molar-refractivity contribution in [2.45, 2.75) is 0 Å². The fourth-order valence-electron chi connectivity index (χ4n) is 7.23. The molecule has 47 heavy (non-hydrogen) atoms.